The third-order valence-electron chi connectivity index (χ3n) is 4.36. The minimum absolute atomic E-state index is 0.00777. The lowest BCUT2D eigenvalue weighted by atomic mass is 10.2. The fourth-order valence-electron chi connectivity index (χ4n) is 3.18. The van der Waals surface area contributed by atoms with Crippen LogP contribution in [0.2, 0.25) is 0 Å². The lowest BCUT2D eigenvalue weighted by Gasteiger charge is -2.35. The highest BCUT2D eigenvalue weighted by atomic mass is 16.5. The molecule has 3 heterocycles. The summed E-state index contributed by atoms with van der Waals surface area (Å²) < 4.78 is 11.0. The first-order valence-electron chi connectivity index (χ1n) is 9.04. The van der Waals surface area contributed by atoms with Gasteiger partial charge in [0.05, 0.1) is 31.2 Å². The van der Waals surface area contributed by atoms with E-state index in [9.17, 15) is 9.59 Å². The van der Waals surface area contributed by atoms with Crippen LogP contribution in [-0.4, -0.2) is 63.4 Å². The Kier molecular flexibility index (Phi) is 6.18. The smallest absolute Gasteiger partial charge is 0.274 e. The minimum atomic E-state index is -0.281. The predicted molar refractivity (Wildman–Crippen MR) is 96.7 cm³/mol. The molecule has 27 heavy (non-hydrogen) atoms. The van der Waals surface area contributed by atoms with Crippen LogP contribution >= 0.6 is 0 Å². The van der Waals surface area contributed by atoms with Crippen LogP contribution < -0.4 is 0 Å². The molecule has 2 unspecified atom stereocenters. The summed E-state index contributed by atoms with van der Waals surface area (Å²) in [4.78, 5) is 36.8. The first-order chi connectivity index (χ1) is 13.0. The molecular formula is C19H24N4O4. The van der Waals surface area contributed by atoms with Crippen LogP contribution in [0, 0.1) is 0 Å². The minimum Gasteiger partial charge on any atom is -0.467 e. The average molecular weight is 372 g/mol. The molecule has 2 aromatic heterocycles. The highest BCUT2D eigenvalue weighted by Crippen LogP contribution is 2.14. The van der Waals surface area contributed by atoms with Gasteiger partial charge in [0.15, 0.2) is 0 Å². The van der Waals surface area contributed by atoms with Crippen molar-refractivity contribution in [2.45, 2.75) is 39.0 Å². The zero-order chi connectivity index (χ0) is 19.2. The standard InChI is InChI=1S/C19H24N4O4/c1-14-11-23(12-15(2)27-14)18(24)5-8-22(13-16-4-3-9-26-16)19(25)17-10-20-6-7-21-17/h3-4,6-7,9-10,14-15H,5,8,11-13H2,1-2H3. The Hall–Kier alpha value is -2.74. The van der Waals surface area contributed by atoms with Crippen molar-refractivity contribution < 1.29 is 18.7 Å². The van der Waals surface area contributed by atoms with Crippen molar-refractivity contribution in [2.75, 3.05) is 19.6 Å². The number of morpholine rings is 1. The van der Waals surface area contributed by atoms with Gasteiger partial charge in [-0.3, -0.25) is 14.6 Å². The average Bonchev–Trinajstić information content (AvgIpc) is 3.17. The van der Waals surface area contributed by atoms with Crippen molar-refractivity contribution in [3.63, 3.8) is 0 Å². The summed E-state index contributed by atoms with van der Waals surface area (Å²) in [5, 5.41) is 0. The molecular weight excluding hydrogens is 348 g/mol. The van der Waals surface area contributed by atoms with Crippen molar-refractivity contribution in [2.24, 2.45) is 0 Å². The van der Waals surface area contributed by atoms with Crippen molar-refractivity contribution in [3.8, 4) is 0 Å². The third kappa shape index (κ3) is 5.13. The summed E-state index contributed by atoms with van der Waals surface area (Å²) in [6, 6.07) is 3.56. The number of amides is 2. The van der Waals surface area contributed by atoms with E-state index in [1.165, 1.54) is 18.6 Å². The number of hydrogen-bond acceptors (Lipinski definition) is 6. The predicted octanol–water partition coefficient (Wildman–Crippen LogP) is 1.74. The van der Waals surface area contributed by atoms with Crippen LogP contribution in [0.1, 0.15) is 36.5 Å². The topological polar surface area (TPSA) is 88.8 Å². The number of carbonyl (C=O) groups is 2. The Morgan fingerprint density at radius 1 is 1.26 bits per heavy atom. The fourth-order valence-corrected chi connectivity index (χ4v) is 3.18. The van der Waals surface area contributed by atoms with Gasteiger partial charge in [0.1, 0.15) is 11.5 Å². The van der Waals surface area contributed by atoms with Gasteiger partial charge in [0, 0.05) is 38.4 Å². The maximum Gasteiger partial charge on any atom is 0.274 e. The van der Waals surface area contributed by atoms with E-state index in [0.29, 0.717) is 18.8 Å². The molecule has 2 aromatic rings. The molecule has 144 valence electrons. The molecule has 8 nitrogen and oxygen atoms in total. The molecule has 1 aliphatic heterocycles. The molecule has 8 heteroatoms. The number of ether oxygens (including phenoxy) is 1. The molecule has 0 saturated carbocycles. The van der Waals surface area contributed by atoms with Gasteiger partial charge in [-0.15, -0.1) is 0 Å². The van der Waals surface area contributed by atoms with E-state index in [1.54, 1.807) is 28.2 Å². The van der Waals surface area contributed by atoms with Crippen molar-refractivity contribution in [3.05, 3.63) is 48.4 Å². The van der Waals surface area contributed by atoms with Crippen LogP contribution in [0.15, 0.2) is 41.4 Å². The molecule has 0 N–H and O–H groups in total. The summed E-state index contributed by atoms with van der Waals surface area (Å²) in [5.74, 6) is 0.373. The highest BCUT2D eigenvalue weighted by molar-refractivity contribution is 5.92. The molecule has 2 atom stereocenters. The molecule has 2 amide bonds. The monoisotopic (exact) mass is 372 g/mol. The summed E-state index contributed by atoms with van der Waals surface area (Å²) in [6.07, 6.45) is 6.22. The zero-order valence-electron chi connectivity index (χ0n) is 15.6. The van der Waals surface area contributed by atoms with E-state index in [0.717, 1.165) is 0 Å². The normalized spacial score (nSPS) is 19.7. The zero-order valence-corrected chi connectivity index (χ0v) is 15.6. The maximum atomic E-state index is 12.8. The second-order valence-electron chi connectivity index (χ2n) is 6.70. The third-order valence-corrected chi connectivity index (χ3v) is 4.36. The molecule has 0 aromatic carbocycles. The second kappa shape index (κ2) is 8.77. The van der Waals surface area contributed by atoms with Crippen LogP contribution in [0.4, 0.5) is 0 Å². The summed E-state index contributed by atoms with van der Waals surface area (Å²) >= 11 is 0. The largest absolute Gasteiger partial charge is 0.467 e. The number of rotatable bonds is 6. The highest BCUT2D eigenvalue weighted by Gasteiger charge is 2.27. The van der Waals surface area contributed by atoms with Crippen LogP contribution in [0.5, 0.6) is 0 Å². The molecule has 1 fully saturated rings. The molecule has 1 aliphatic rings. The van der Waals surface area contributed by atoms with Crippen molar-refractivity contribution in [1.29, 1.82) is 0 Å². The first-order valence-corrected chi connectivity index (χ1v) is 9.04. The van der Waals surface area contributed by atoms with Gasteiger partial charge in [-0.2, -0.15) is 0 Å². The molecule has 0 spiro atoms. The van der Waals surface area contributed by atoms with Crippen LogP contribution in [-0.2, 0) is 16.1 Å². The van der Waals surface area contributed by atoms with E-state index < -0.39 is 0 Å². The molecule has 0 radical (unpaired) electrons. The molecule has 1 saturated heterocycles. The van der Waals surface area contributed by atoms with Crippen LogP contribution in [0.3, 0.4) is 0 Å². The van der Waals surface area contributed by atoms with Gasteiger partial charge in [-0.25, -0.2) is 4.98 Å². The number of hydrogen-bond donors (Lipinski definition) is 0. The Bertz CT molecular complexity index is 740. The van der Waals surface area contributed by atoms with Gasteiger partial charge in [-0.1, -0.05) is 0 Å². The molecule has 0 aliphatic carbocycles. The molecule has 0 bridgehead atoms. The van der Waals surface area contributed by atoms with Gasteiger partial charge < -0.3 is 19.0 Å². The fraction of sp³-hybridized carbons (Fsp3) is 0.474. The summed E-state index contributed by atoms with van der Waals surface area (Å²) in [5.41, 5.74) is 0.241. The van der Waals surface area contributed by atoms with Crippen molar-refractivity contribution in [1.82, 2.24) is 19.8 Å². The summed E-state index contributed by atoms with van der Waals surface area (Å²) in [6.45, 7) is 5.59. The van der Waals surface area contributed by atoms with Gasteiger partial charge >= 0.3 is 0 Å². The lowest BCUT2D eigenvalue weighted by Crippen LogP contribution is -2.49. The number of furan rings is 1. The van der Waals surface area contributed by atoms with E-state index in [-0.39, 0.29) is 49.2 Å². The number of nitrogens with zero attached hydrogens (tertiary/aromatic N) is 4. The Morgan fingerprint density at radius 3 is 2.67 bits per heavy atom. The van der Waals surface area contributed by atoms with Gasteiger partial charge in [-0.05, 0) is 26.0 Å². The SMILES string of the molecule is CC1CN(C(=O)CCN(Cc2ccco2)C(=O)c2cnccn2)CC(C)O1. The van der Waals surface area contributed by atoms with E-state index in [2.05, 4.69) is 9.97 Å². The summed E-state index contributed by atoms with van der Waals surface area (Å²) in [7, 11) is 0. The maximum absolute atomic E-state index is 12.8. The Labute approximate surface area is 158 Å². The van der Waals surface area contributed by atoms with E-state index >= 15 is 0 Å². The van der Waals surface area contributed by atoms with Gasteiger partial charge in [0.25, 0.3) is 5.91 Å². The number of carbonyl (C=O) groups excluding carboxylic acids is 2. The van der Waals surface area contributed by atoms with Crippen molar-refractivity contribution >= 4 is 11.8 Å². The first kappa shape index (κ1) is 19.0. The van der Waals surface area contributed by atoms with E-state index in [1.807, 2.05) is 13.8 Å². The van der Waals surface area contributed by atoms with Crippen LogP contribution in [0.25, 0.3) is 0 Å². The lowest BCUT2D eigenvalue weighted by molar-refractivity contribution is -0.143. The quantitative estimate of drug-likeness (QED) is 0.767. The second-order valence-corrected chi connectivity index (χ2v) is 6.70. The van der Waals surface area contributed by atoms with E-state index in [4.69, 9.17) is 9.15 Å². The Morgan fingerprint density at radius 2 is 2.04 bits per heavy atom. The van der Waals surface area contributed by atoms with Gasteiger partial charge in [0.2, 0.25) is 5.91 Å². The Balaban J connectivity index is 1.66. The number of aromatic nitrogens is 2. The molecule has 3 rings (SSSR count).